The highest BCUT2D eigenvalue weighted by Gasteiger charge is 2.18. The normalized spacial score (nSPS) is 17.8. The summed E-state index contributed by atoms with van der Waals surface area (Å²) >= 11 is 0. The summed E-state index contributed by atoms with van der Waals surface area (Å²) in [5, 5.41) is 8.94. The van der Waals surface area contributed by atoms with Gasteiger partial charge in [0.05, 0.1) is 24.7 Å². The number of aliphatic hydroxyl groups is 1. The fourth-order valence-corrected chi connectivity index (χ4v) is 2.44. The molecule has 0 spiro atoms. The molecular formula is C13H21N3O. The molecule has 17 heavy (non-hydrogen) atoms. The fourth-order valence-electron chi connectivity index (χ4n) is 2.44. The topological polar surface area (TPSA) is 49.2 Å². The Balaban J connectivity index is 2.03. The average molecular weight is 235 g/mol. The number of aromatic nitrogens is 2. The van der Waals surface area contributed by atoms with Crippen LogP contribution in [0.2, 0.25) is 0 Å². The van der Waals surface area contributed by atoms with Crippen LogP contribution in [0.5, 0.6) is 0 Å². The minimum absolute atomic E-state index is 0.0412. The van der Waals surface area contributed by atoms with Crippen molar-refractivity contribution in [3.63, 3.8) is 0 Å². The standard InChI is InChI=1S/C13H21N3O/c1-16(12-6-4-2-3-5-7-12)13-9-14-11(10-17)8-15-13/h8-9,12,17H,2-7,10H2,1H3. The van der Waals surface area contributed by atoms with Crippen molar-refractivity contribution in [1.29, 1.82) is 0 Å². The van der Waals surface area contributed by atoms with Crippen LogP contribution in [0.1, 0.15) is 44.2 Å². The van der Waals surface area contributed by atoms with Gasteiger partial charge in [0.1, 0.15) is 5.82 Å². The lowest BCUT2D eigenvalue weighted by Crippen LogP contribution is -2.31. The number of nitrogens with zero attached hydrogens (tertiary/aromatic N) is 3. The summed E-state index contributed by atoms with van der Waals surface area (Å²) in [7, 11) is 2.10. The van der Waals surface area contributed by atoms with Crippen molar-refractivity contribution in [2.45, 2.75) is 51.2 Å². The Hall–Kier alpha value is -1.16. The van der Waals surface area contributed by atoms with Gasteiger partial charge in [0.2, 0.25) is 0 Å². The molecule has 4 heteroatoms. The van der Waals surface area contributed by atoms with Crippen LogP contribution in [-0.4, -0.2) is 28.2 Å². The third kappa shape index (κ3) is 3.16. The first-order valence-electron chi connectivity index (χ1n) is 6.46. The molecule has 4 nitrogen and oxygen atoms in total. The zero-order chi connectivity index (χ0) is 12.1. The summed E-state index contributed by atoms with van der Waals surface area (Å²) < 4.78 is 0. The van der Waals surface area contributed by atoms with Gasteiger partial charge in [-0.25, -0.2) is 4.98 Å². The minimum atomic E-state index is -0.0412. The summed E-state index contributed by atoms with van der Waals surface area (Å²) in [5.41, 5.74) is 0.628. The second-order valence-corrected chi connectivity index (χ2v) is 4.78. The number of hydrogen-bond acceptors (Lipinski definition) is 4. The van der Waals surface area contributed by atoms with Crippen molar-refractivity contribution >= 4 is 5.82 Å². The van der Waals surface area contributed by atoms with E-state index in [0.29, 0.717) is 11.7 Å². The number of anilines is 1. The molecule has 2 rings (SSSR count). The van der Waals surface area contributed by atoms with E-state index in [2.05, 4.69) is 21.9 Å². The minimum Gasteiger partial charge on any atom is -0.390 e. The Bertz CT molecular complexity index is 331. The van der Waals surface area contributed by atoms with Gasteiger partial charge in [-0.15, -0.1) is 0 Å². The van der Waals surface area contributed by atoms with E-state index in [-0.39, 0.29) is 6.61 Å². The van der Waals surface area contributed by atoms with Crippen LogP contribution in [0.25, 0.3) is 0 Å². The third-order valence-corrected chi connectivity index (χ3v) is 3.59. The molecule has 1 N–H and O–H groups in total. The van der Waals surface area contributed by atoms with Crippen molar-refractivity contribution in [2.24, 2.45) is 0 Å². The van der Waals surface area contributed by atoms with Crippen molar-refractivity contribution in [1.82, 2.24) is 9.97 Å². The highest BCUT2D eigenvalue weighted by Crippen LogP contribution is 2.23. The van der Waals surface area contributed by atoms with Gasteiger partial charge in [0.15, 0.2) is 0 Å². The third-order valence-electron chi connectivity index (χ3n) is 3.59. The SMILES string of the molecule is CN(c1cnc(CO)cn1)C1CCCCCC1. The average Bonchev–Trinajstić information content (AvgIpc) is 2.67. The van der Waals surface area contributed by atoms with Crippen LogP contribution >= 0.6 is 0 Å². The van der Waals surface area contributed by atoms with Crippen LogP contribution in [0.15, 0.2) is 12.4 Å². The van der Waals surface area contributed by atoms with Crippen LogP contribution in [-0.2, 0) is 6.61 Å². The Labute approximate surface area is 103 Å². The summed E-state index contributed by atoms with van der Waals surface area (Å²) in [6, 6.07) is 0.590. The second-order valence-electron chi connectivity index (χ2n) is 4.78. The van der Waals surface area contributed by atoms with Gasteiger partial charge in [-0.1, -0.05) is 25.7 Å². The maximum atomic E-state index is 8.94. The molecule has 1 aromatic rings. The second kappa shape index (κ2) is 5.96. The molecule has 0 saturated heterocycles. The molecule has 1 saturated carbocycles. The molecule has 1 aliphatic rings. The number of aliphatic hydroxyl groups excluding tert-OH is 1. The number of hydrogen-bond donors (Lipinski definition) is 1. The molecule has 1 aliphatic carbocycles. The monoisotopic (exact) mass is 235 g/mol. The molecule has 1 fully saturated rings. The van der Waals surface area contributed by atoms with Crippen LogP contribution in [0.3, 0.4) is 0 Å². The first kappa shape index (κ1) is 12.3. The summed E-state index contributed by atoms with van der Waals surface area (Å²) in [6.45, 7) is -0.0412. The van der Waals surface area contributed by atoms with Crippen molar-refractivity contribution in [3.05, 3.63) is 18.1 Å². The largest absolute Gasteiger partial charge is 0.390 e. The van der Waals surface area contributed by atoms with Crippen LogP contribution in [0.4, 0.5) is 5.82 Å². The van der Waals surface area contributed by atoms with E-state index in [4.69, 9.17) is 5.11 Å². The van der Waals surface area contributed by atoms with Gasteiger partial charge in [0, 0.05) is 13.1 Å². The molecule has 0 radical (unpaired) electrons. The molecule has 0 aromatic carbocycles. The van der Waals surface area contributed by atoms with Gasteiger partial charge < -0.3 is 10.0 Å². The lowest BCUT2D eigenvalue weighted by atomic mass is 10.1. The highest BCUT2D eigenvalue weighted by atomic mass is 16.3. The molecule has 0 amide bonds. The molecule has 94 valence electrons. The maximum absolute atomic E-state index is 8.94. The zero-order valence-electron chi connectivity index (χ0n) is 10.5. The van der Waals surface area contributed by atoms with Crippen LogP contribution in [0, 0.1) is 0 Å². The predicted octanol–water partition coefficient (Wildman–Crippen LogP) is 2.13. The van der Waals surface area contributed by atoms with E-state index in [1.54, 1.807) is 12.4 Å². The molecule has 1 aromatic heterocycles. The van der Waals surface area contributed by atoms with E-state index in [1.807, 2.05) is 0 Å². The van der Waals surface area contributed by atoms with Crippen LogP contribution < -0.4 is 4.90 Å². The zero-order valence-corrected chi connectivity index (χ0v) is 10.5. The summed E-state index contributed by atoms with van der Waals surface area (Å²) in [5.74, 6) is 0.911. The molecule has 0 bridgehead atoms. The molecule has 0 atom stereocenters. The lowest BCUT2D eigenvalue weighted by Gasteiger charge is -2.27. The molecule has 0 unspecified atom stereocenters. The first-order chi connectivity index (χ1) is 8.31. The van der Waals surface area contributed by atoms with E-state index in [9.17, 15) is 0 Å². The van der Waals surface area contributed by atoms with Gasteiger partial charge in [-0.3, -0.25) is 4.98 Å². The lowest BCUT2D eigenvalue weighted by molar-refractivity contribution is 0.276. The summed E-state index contributed by atoms with van der Waals surface area (Å²) in [6.07, 6.45) is 11.3. The Morgan fingerprint density at radius 2 is 1.88 bits per heavy atom. The smallest absolute Gasteiger partial charge is 0.147 e. The highest BCUT2D eigenvalue weighted by molar-refractivity contribution is 5.36. The quantitative estimate of drug-likeness (QED) is 0.815. The maximum Gasteiger partial charge on any atom is 0.147 e. The predicted molar refractivity (Wildman–Crippen MR) is 67.8 cm³/mol. The van der Waals surface area contributed by atoms with Gasteiger partial charge in [-0.2, -0.15) is 0 Å². The van der Waals surface area contributed by atoms with E-state index < -0.39 is 0 Å². The summed E-state index contributed by atoms with van der Waals surface area (Å²) in [4.78, 5) is 10.8. The molecule has 0 aliphatic heterocycles. The van der Waals surface area contributed by atoms with Crippen molar-refractivity contribution in [2.75, 3.05) is 11.9 Å². The van der Waals surface area contributed by atoms with Gasteiger partial charge >= 0.3 is 0 Å². The molecule has 1 heterocycles. The molecular weight excluding hydrogens is 214 g/mol. The fraction of sp³-hybridized carbons (Fsp3) is 0.692. The van der Waals surface area contributed by atoms with E-state index in [1.165, 1.54) is 38.5 Å². The van der Waals surface area contributed by atoms with Crippen molar-refractivity contribution in [3.8, 4) is 0 Å². The number of rotatable bonds is 3. The van der Waals surface area contributed by atoms with Gasteiger partial charge in [-0.05, 0) is 12.8 Å². The van der Waals surface area contributed by atoms with Gasteiger partial charge in [0.25, 0.3) is 0 Å². The Kier molecular flexibility index (Phi) is 4.31. The van der Waals surface area contributed by atoms with Crippen molar-refractivity contribution < 1.29 is 5.11 Å². The Morgan fingerprint density at radius 1 is 1.18 bits per heavy atom. The van der Waals surface area contributed by atoms with E-state index in [0.717, 1.165) is 5.82 Å². The van der Waals surface area contributed by atoms with E-state index >= 15 is 0 Å². The first-order valence-corrected chi connectivity index (χ1v) is 6.46. The Morgan fingerprint density at radius 3 is 2.41 bits per heavy atom.